The Balaban J connectivity index is 1.53. The minimum Gasteiger partial charge on any atom is -0.324 e. The first kappa shape index (κ1) is 16.3. The summed E-state index contributed by atoms with van der Waals surface area (Å²) < 4.78 is 0. The van der Waals surface area contributed by atoms with E-state index in [1.54, 1.807) is 11.1 Å². The van der Waals surface area contributed by atoms with Crippen LogP contribution in [0.15, 0.2) is 48.7 Å². The Hall–Kier alpha value is -3.15. The number of anilines is 2. The molecule has 1 atom stereocenters. The van der Waals surface area contributed by atoms with Crippen molar-refractivity contribution in [2.24, 2.45) is 5.92 Å². The second kappa shape index (κ2) is 6.63. The number of nitrogens with one attached hydrogen (secondary N) is 2. The van der Waals surface area contributed by atoms with Crippen LogP contribution in [-0.4, -0.2) is 28.6 Å². The Kier molecular flexibility index (Phi) is 4.16. The van der Waals surface area contributed by atoms with E-state index in [4.69, 9.17) is 0 Å². The molecule has 26 heavy (non-hydrogen) atoms. The number of benzene rings is 2. The van der Waals surface area contributed by atoms with E-state index >= 15 is 0 Å². The van der Waals surface area contributed by atoms with Crippen molar-refractivity contribution in [3.05, 3.63) is 54.2 Å². The predicted octanol–water partition coefficient (Wildman–Crippen LogP) is 3.12. The molecule has 1 saturated heterocycles. The Bertz CT molecular complexity index is 979. The zero-order chi connectivity index (χ0) is 18.1. The van der Waals surface area contributed by atoms with Crippen LogP contribution >= 0.6 is 0 Å². The lowest BCUT2D eigenvalue weighted by Crippen LogP contribution is -2.28. The molecule has 6 nitrogen and oxygen atoms in total. The number of amides is 2. The molecular formula is C20H20N4O2. The standard InChI is InChI=1S/C20H20N4O2/c1-2-13-6-3-4-9-17(13)24-12-15(10-18(24)25)20(26)22-16-8-5-7-14-11-21-23-19(14)16/h3-9,11,15H,2,10,12H2,1H3,(H,21,23)(H,22,26). The van der Waals surface area contributed by atoms with Crippen molar-refractivity contribution in [3.63, 3.8) is 0 Å². The van der Waals surface area contributed by atoms with E-state index in [0.29, 0.717) is 12.2 Å². The fourth-order valence-corrected chi connectivity index (χ4v) is 3.50. The minimum absolute atomic E-state index is 0.00852. The molecule has 132 valence electrons. The number of hydrogen-bond acceptors (Lipinski definition) is 3. The number of rotatable bonds is 4. The molecule has 2 aromatic carbocycles. The van der Waals surface area contributed by atoms with Crippen LogP contribution in [0.5, 0.6) is 0 Å². The molecule has 2 amide bonds. The lowest BCUT2D eigenvalue weighted by atomic mass is 10.1. The van der Waals surface area contributed by atoms with Crippen molar-refractivity contribution in [3.8, 4) is 0 Å². The number of carbonyl (C=O) groups is 2. The van der Waals surface area contributed by atoms with E-state index in [2.05, 4.69) is 22.4 Å². The third-order valence-electron chi connectivity index (χ3n) is 4.89. The van der Waals surface area contributed by atoms with Gasteiger partial charge in [-0.1, -0.05) is 37.3 Å². The summed E-state index contributed by atoms with van der Waals surface area (Å²) in [6.07, 6.45) is 2.79. The summed E-state index contributed by atoms with van der Waals surface area (Å²) in [5.74, 6) is -0.520. The van der Waals surface area contributed by atoms with Gasteiger partial charge in [0.1, 0.15) is 0 Å². The number of fused-ring (bicyclic) bond motifs is 1. The van der Waals surface area contributed by atoms with Crippen molar-refractivity contribution in [1.29, 1.82) is 0 Å². The van der Waals surface area contributed by atoms with Crippen molar-refractivity contribution in [2.45, 2.75) is 19.8 Å². The maximum atomic E-state index is 12.7. The third-order valence-corrected chi connectivity index (χ3v) is 4.89. The van der Waals surface area contributed by atoms with Gasteiger partial charge in [-0.05, 0) is 24.1 Å². The van der Waals surface area contributed by atoms with Gasteiger partial charge in [0.25, 0.3) is 0 Å². The highest BCUT2D eigenvalue weighted by atomic mass is 16.2. The lowest BCUT2D eigenvalue weighted by Gasteiger charge is -2.20. The van der Waals surface area contributed by atoms with Crippen molar-refractivity contribution >= 4 is 34.1 Å². The van der Waals surface area contributed by atoms with Crippen molar-refractivity contribution in [2.75, 3.05) is 16.8 Å². The number of H-pyrrole nitrogens is 1. The number of carbonyl (C=O) groups excluding carboxylic acids is 2. The summed E-state index contributed by atoms with van der Waals surface area (Å²) in [6.45, 7) is 2.47. The van der Waals surface area contributed by atoms with Gasteiger partial charge in [0.05, 0.1) is 23.3 Å². The molecule has 1 aromatic heterocycles. The highest BCUT2D eigenvalue weighted by molar-refractivity contribution is 6.06. The third kappa shape index (κ3) is 2.83. The second-order valence-electron chi connectivity index (χ2n) is 6.52. The van der Waals surface area contributed by atoms with Gasteiger partial charge in [-0.3, -0.25) is 14.7 Å². The monoisotopic (exact) mass is 348 g/mol. The molecule has 1 aliphatic rings. The molecule has 4 rings (SSSR count). The van der Waals surface area contributed by atoms with E-state index in [1.807, 2.05) is 42.5 Å². The first-order valence-electron chi connectivity index (χ1n) is 8.78. The summed E-state index contributed by atoms with van der Waals surface area (Å²) in [5, 5.41) is 10.8. The molecular weight excluding hydrogens is 328 g/mol. The minimum atomic E-state index is -0.370. The summed E-state index contributed by atoms with van der Waals surface area (Å²) in [6, 6.07) is 13.5. The number of hydrogen-bond donors (Lipinski definition) is 2. The fourth-order valence-electron chi connectivity index (χ4n) is 3.50. The quantitative estimate of drug-likeness (QED) is 0.760. The Morgan fingerprint density at radius 2 is 2.12 bits per heavy atom. The van der Waals surface area contributed by atoms with Crippen LogP contribution in [0.2, 0.25) is 0 Å². The van der Waals surface area contributed by atoms with Crippen LogP contribution in [0.25, 0.3) is 10.9 Å². The van der Waals surface area contributed by atoms with Gasteiger partial charge in [-0.2, -0.15) is 5.10 Å². The molecule has 0 saturated carbocycles. The topological polar surface area (TPSA) is 78.1 Å². The Labute approximate surface area is 151 Å². The van der Waals surface area contributed by atoms with Crippen molar-refractivity contribution in [1.82, 2.24) is 10.2 Å². The first-order valence-corrected chi connectivity index (χ1v) is 8.78. The lowest BCUT2D eigenvalue weighted by molar-refractivity contribution is -0.122. The van der Waals surface area contributed by atoms with Gasteiger partial charge in [0.2, 0.25) is 11.8 Å². The van der Waals surface area contributed by atoms with E-state index in [9.17, 15) is 9.59 Å². The normalized spacial score (nSPS) is 17.0. The molecule has 3 aromatic rings. The highest BCUT2D eigenvalue weighted by Gasteiger charge is 2.35. The average molecular weight is 348 g/mol. The van der Waals surface area contributed by atoms with Gasteiger partial charge in [-0.25, -0.2) is 0 Å². The van der Waals surface area contributed by atoms with Crippen LogP contribution in [0.1, 0.15) is 18.9 Å². The Morgan fingerprint density at radius 1 is 1.27 bits per heavy atom. The molecule has 2 heterocycles. The summed E-state index contributed by atoms with van der Waals surface area (Å²) >= 11 is 0. The molecule has 0 radical (unpaired) electrons. The fraction of sp³-hybridized carbons (Fsp3) is 0.250. The predicted molar refractivity (Wildman–Crippen MR) is 101 cm³/mol. The molecule has 6 heteroatoms. The van der Waals surface area contributed by atoms with Crippen LogP contribution in [-0.2, 0) is 16.0 Å². The molecule has 1 aliphatic heterocycles. The van der Waals surface area contributed by atoms with E-state index in [-0.39, 0.29) is 24.2 Å². The number of aromatic amines is 1. The smallest absolute Gasteiger partial charge is 0.229 e. The maximum Gasteiger partial charge on any atom is 0.229 e. The number of nitrogens with zero attached hydrogens (tertiary/aromatic N) is 2. The summed E-state index contributed by atoms with van der Waals surface area (Å²) in [4.78, 5) is 27.0. The average Bonchev–Trinajstić information content (AvgIpc) is 3.29. The summed E-state index contributed by atoms with van der Waals surface area (Å²) in [5.41, 5.74) is 3.50. The molecule has 2 N–H and O–H groups in total. The van der Waals surface area contributed by atoms with Crippen LogP contribution in [0.3, 0.4) is 0 Å². The molecule has 0 aliphatic carbocycles. The first-order chi connectivity index (χ1) is 12.7. The largest absolute Gasteiger partial charge is 0.324 e. The number of aromatic nitrogens is 2. The van der Waals surface area contributed by atoms with Crippen molar-refractivity contribution < 1.29 is 9.59 Å². The summed E-state index contributed by atoms with van der Waals surface area (Å²) in [7, 11) is 0. The maximum absolute atomic E-state index is 12.7. The number of para-hydroxylation sites is 2. The SMILES string of the molecule is CCc1ccccc1N1CC(C(=O)Nc2cccc3cn[nH]c23)CC1=O. The van der Waals surface area contributed by atoms with Crippen LogP contribution in [0.4, 0.5) is 11.4 Å². The molecule has 0 spiro atoms. The number of aryl methyl sites for hydroxylation is 1. The molecule has 1 fully saturated rings. The van der Waals surface area contributed by atoms with Gasteiger partial charge in [-0.15, -0.1) is 0 Å². The van der Waals surface area contributed by atoms with Gasteiger partial charge >= 0.3 is 0 Å². The van der Waals surface area contributed by atoms with Crippen LogP contribution < -0.4 is 10.2 Å². The zero-order valence-electron chi connectivity index (χ0n) is 14.5. The van der Waals surface area contributed by atoms with Gasteiger partial charge in [0, 0.05) is 24.0 Å². The highest BCUT2D eigenvalue weighted by Crippen LogP contribution is 2.29. The second-order valence-corrected chi connectivity index (χ2v) is 6.52. The van der Waals surface area contributed by atoms with E-state index in [0.717, 1.165) is 28.6 Å². The molecule has 1 unspecified atom stereocenters. The molecule has 0 bridgehead atoms. The zero-order valence-corrected chi connectivity index (χ0v) is 14.5. The van der Waals surface area contributed by atoms with Gasteiger partial charge < -0.3 is 10.2 Å². The van der Waals surface area contributed by atoms with E-state index in [1.165, 1.54) is 0 Å². The van der Waals surface area contributed by atoms with E-state index < -0.39 is 0 Å². The van der Waals surface area contributed by atoms with Crippen LogP contribution in [0, 0.1) is 5.92 Å². The van der Waals surface area contributed by atoms with Gasteiger partial charge in [0.15, 0.2) is 0 Å². The Morgan fingerprint density at radius 3 is 2.96 bits per heavy atom.